The van der Waals surface area contributed by atoms with Gasteiger partial charge in [0.1, 0.15) is 16.7 Å². The maximum absolute atomic E-state index is 13.4. The van der Waals surface area contributed by atoms with Crippen molar-refractivity contribution in [2.75, 3.05) is 37.5 Å². The molecule has 0 saturated heterocycles. The van der Waals surface area contributed by atoms with Gasteiger partial charge in [-0.1, -0.05) is 63.9 Å². The summed E-state index contributed by atoms with van der Waals surface area (Å²) in [7, 11) is 0.337. The third-order valence-corrected chi connectivity index (χ3v) is 13.3. The summed E-state index contributed by atoms with van der Waals surface area (Å²) in [4.78, 5) is 15.9. The molecule has 2 heterocycles. The number of halogens is 1. The molecule has 6 unspecified atom stereocenters. The molecule has 46 heavy (non-hydrogen) atoms. The molecule has 1 amide bonds. The lowest BCUT2D eigenvalue weighted by Gasteiger charge is -2.50. The zero-order chi connectivity index (χ0) is 33.0. The van der Waals surface area contributed by atoms with Gasteiger partial charge in [0.2, 0.25) is 0 Å². The highest BCUT2D eigenvalue weighted by atomic mass is 35.5. The zero-order valence-corrected chi connectivity index (χ0v) is 30.6. The first-order valence-electron chi connectivity index (χ1n) is 16.9. The van der Waals surface area contributed by atoms with Gasteiger partial charge in [-0.25, -0.2) is 4.21 Å². The lowest BCUT2D eigenvalue weighted by molar-refractivity contribution is -0.0586. The minimum absolute atomic E-state index is 0.119. The lowest BCUT2D eigenvalue weighted by atomic mass is 9.64. The molecule has 6 nitrogen and oxygen atoms in total. The summed E-state index contributed by atoms with van der Waals surface area (Å²) in [6.45, 7) is 12.9. The van der Waals surface area contributed by atoms with Crippen molar-refractivity contribution in [2.24, 2.45) is 17.8 Å². The van der Waals surface area contributed by atoms with Gasteiger partial charge in [-0.2, -0.15) is 11.8 Å². The van der Waals surface area contributed by atoms with E-state index in [1.165, 1.54) is 11.1 Å². The molecule has 2 aliphatic heterocycles. The molecule has 7 atom stereocenters. The molecular formula is C37H51ClN2O4S2. The van der Waals surface area contributed by atoms with Gasteiger partial charge >= 0.3 is 0 Å². The number of anilines is 1. The quantitative estimate of drug-likeness (QED) is 0.296. The van der Waals surface area contributed by atoms with E-state index < -0.39 is 11.0 Å². The zero-order valence-electron chi connectivity index (χ0n) is 28.2. The number of benzene rings is 2. The highest BCUT2D eigenvalue weighted by molar-refractivity contribution is 7.99. The standard InChI is InChI=1S/C37H51ClN2O4S2/c1-7-9-27-18-31(38)13-14-32(27)30-21-40-20-29-11-15-33(29)37(43-6,23-45-24(2)3)17-8-10-25(4)26(5)46(42)39-36(41)28-12-16-35(44-22-30)34(40)19-28/h8,12-14,16-19,24-26,29-30,33H,7,9-11,15,20-23H2,1-6H3,(H,39,41)/b17-8+/t25?,26?,29?,30?,33?,37-,46?/m1/s1. The number of carbonyl (C=O) groups excluding carboxylic acids is 1. The van der Waals surface area contributed by atoms with Crippen LogP contribution < -0.4 is 14.4 Å². The summed E-state index contributed by atoms with van der Waals surface area (Å²) in [5.41, 5.74) is 3.57. The number of hydrogen-bond acceptors (Lipinski definition) is 6. The Bertz CT molecular complexity index is 1430. The minimum atomic E-state index is -1.53. The number of carbonyl (C=O) groups is 1. The van der Waals surface area contributed by atoms with Gasteiger partial charge in [0, 0.05) is 42.5 Å². The molecule has 1 fully saturated rings. The SMILES string of the molecule is CCCc1cc(Cl)ccc1C1COc2ccc3cc2N(C1)CC1CCC1[C@@](CSC(C)C)(OC)/C=C/CC(C)C(C)S(=O)NC3=O. The molecule has 252 valence electrons. The fourth-order valence-corrected chi connectivity index (χ4v) is 9.39. The fourth-order valence-electron chi connectivity index (χ4n) is 7.15. The predicted molar refractivity (Wildman–Crippen MR) is 194 cm³/mol. The van der Waals surface area contributed by atoms with E-state index in [0.717, 1.165) is 67.4 Å². The average molecular weight is 687 g/mol. The van der Waals surface area contributed by atoms with E-state index in [1.807, 2.05) is 44.0 Å². The van der Waals surface area contributed by atoms with Crippen LogP contribution in [0.4, 0.5) is 5.69 Å². The summed E-state index contributed by atoms with van der Waals surface area (Å²) in [6, 6.07) is 11.9. The van der Waals surface area contributed by atoms with Crippen LogP contribution in [-0.2, 0) is 22.1 Å². The number of hydrogen-bond donors (Lipinski definition) is 1. The van der Waals surface area contributed by atoms with E-state index >= 15 is 0 Å². The van der Waals surface area contributed by atoms with E-state index in [0.29, 0.717) is 29.3 Å². The van der Waals surface area contributed by atoms with Crippen LogP contribution in [0.15, 0.2) is 48.6 Å². The van der Waals surface area contributed by atoms with Gasteiger partial charge in [-0.15, -0.1) is 0 Å². The second-order valence-electron chi connectivity index (χ2n) is 13.7. The van der Waals surface area contributed by atoms with Crippen molar-refractivity contribution in [1.29, 1.82) is 0 Å². The van der Waals surface area contributed by atoms with Crippen molar-refractivity contribution in [3.63, 3.8) is 0 Å². The first-order valence-corrected chi connectivity index (χ1v) is 19.5. The molecule has 2 bridgehead atoms. The number of ether oxygens (including phenoxy) is 2. The van der Waals surface area contributed by atoms with Crippen molar-refractivity contribution in [3.05, 3.63) is 70.3 Å². The van der Waals surface area contributed by atoms with Gasteiger partial charge in [-0.3, -0.25) is 9.52 Å². The van der Waals surface area contributed by atoms with E-state index in [1.54, 1.807) is 6.07 Å². The van der Waals surface area contributed by atoms with E-state index in [2.05, 4.69) is 61.6 Å². The topological polar surface area (TPSA) is 67.9 Å². The number of rotatable bonds is 7. The fraction of sp³-hybridized carbons (Fsp3) is 0.595. The van der Waals surface area contributed by atoms with Gasteiger partial charge in [-0.05, 0) is 97.1 Å². The molecule has 1 aliphatic carbocycles. The van der Waals surface area contributed by atoms with Gasteiger partial charge in [0.15, 0.2) is 0 Å². The molecule has 1 N–H and O–H groups in total. The molecule has 0 spiro atoms. The Morgan fingerprint density at radius 1 is 1.17 bits per heavy atom. The van der Waals surface area contributed by atoms with Gasteiger partial charge in [0.25, 0.3) is 5.91 Å². The van der Waals surface area contributed by atoms with Gasteiger partial charge in [0.05, 0.1) is 23.1 Å². The predicted octanol–water partition coefficient (Wildman–Crippen LogP) is 8.21. The Morgan fingerprint density at radius 3 is 2.67 bits per heavy atom. The Balaban J connectivity index is 1.57. The number of methoxy groups -OCH3 is 1. The smallest absolute Gasteiger partial charge is 0.263 e. The average Bonchev–Trinajstić information content (AvgIpc) is 3.20. The minimum Gasteiger partial charge on any atom is -0.491 e. The van der Waals surface area contributed by atoms with Gasteiger partial charge < -0.3 is 14.4 Å². The van der Waals surface area contributed by atoms with Crippen LogP contribution in [-0.4, -0.2) is 58.8 Å². The molecule has 5 rings (SSSR count). The Morgan fingerprint density at radius 2 is 1.98 bits per heavy atom. The molecule has 9 heteroatoms. The highest BCUT2D eigenvalue weighted by Gasteiger charge is 2.47. The van der Waals surface area contributed by atoms with Crippen LogP contribution in [0.3, 0.4) is 0 Å². The summed E-state index contributed by atoms with van der Waals surface area (Å²) < 4.78 is 29.2. The summed E-state index contributed by atoms with van der Waals surface area (Å²) in [5.74, 6) is 2.37. The highest BCUT2D eigenvalue weighted by Crippen LogP contribution is 2.48. The third kappa shape index (κ3) is 7.82. The summed E-state index contributed by atoms with van der Waals surface area (Å²) in [5, 5.41) is 1.04. The molecule has 2 aromatic carbocycles. The number of nitrogens with one attached hydrogen (secondary N) is 1. The van der Waals surface area contributed by atoms with Crippen LogP contribution in [0.2, 0.25) is 5.02 Å². The molecule has 3 aliphatic rings. The summed E-state index contributed by atoms with van der Waals surface area (Å²) >= 11 is 8.41. The van der Waals surface area contributed by atoms with Crippen molar-refractivity contribution < 1.29 is 18.5 Å². The van der Waals surface area contributed by atoms with Crippen LogP contribution in [0, 0.1) is 17.8 Å². The number of amides is 1. The maximum atomic E-state index is 13.4. The van der Waals surface area contributed by atoms with Crippen molar-refractivity contribution in [2.45, 2.75) is 88.7 Å². The monoisotopic (exact) mass is 686 g/mol. The molecule has 2 aromatic rings. The number of allylic oxidation sites excluding steroid dienone is 1. The van der Waals surface area contributed by atoms with Crippen molar-refractivity contribution in [1.82, 2.24) is 4.72 Å². The summed E-state index contributed by atoms with van der Waals surface area (Å²) in [6.07, 6.45) is 9.54. The van der Waals surface area contributed by atoms with Crippen LogP contribution in [0.25, 0.3) is 0 Å². The largest absolute Gasteiger partial charge is 0.491 e. The first-order chi connectivity index (χ1) is 22.0. The number of thioether (sulfide) groups is 1. The van der Waals surface area contributed by atoms with Crippen LogP contribution in [0.1, 0.15) is 87.7 Å². The Labute approximate surface area is 288 Å². The number of fused-ring (bicyclic) bond motifs is 2. The lowest BCUT2D eigenvalue weighted by Crippen LogP contribution is -2.52. The van der Waals surface area contributed by atoms with Crippen molar-refractivity contribution in [3.8, 4) is 5.75 Å². The van der Waals surface area contributed by atoms with Crippen LogP contribution in [0.5, 0.6) is 5.75 Å². The molecule has 1 saturated carbocycles. The maximum Gasteiger partial charge on any atom is 0.263 e. The second-order valence-corrected chi connectivity index (χ2v) is 17.2. The first kappa shape index (κ1) is 35.3. The Hall–Kier alpha value is -2.00. The Kier molecular flexibility index (Phi) is 11.9. The second kappa shape index (κ2) is 15.5. The van der Waals surface area contributed by atoms with E-state index in [-0.39, 0.29) is 28.6 Å². The molecule has 0 aromatic heterocycles. The number of aryl methyl sites for hydroxylation is 1. The molecule has 0 radical (unpaired) electrons. The van der Waals surface area contributed by atoms with E-state index in [9.17, 15) is 9.00 Å². The van der Waals surface area contributed by atoms with Crippen molar-refractivity contribution >= 4 is 45.9 Å². The van der Waals surface area contributed by atoms with Crippen LogP contribution >= 0.6 is 23.4 Å². The number of nitrogens with zero attached hydrogens (tertiary/aromatic N) is 1. The third-order valence-electron chi connectivity index (χ3n) is 10.3. The van der Waals surface area contributed by atoms with E-state index in [4.69, 9.17) is 21.1 Å². The normalized spacial score (nSPS) is 30.9. The molecular weight excluding hydrogens is 636 g/mol.